The monoisotopic (exact) mass is 463 g/mol. The van der Waals surface area contributed by atoms with Gasteiger partial charge < -0.3 is 11.1 Å². The predicted molar refractivity (Wildman–Crippen MR) is 93.4 cm³/mol. The molecule has 0 unspecified atom stereocenters. The summed E-state index contributed by atoms with van der Waals surface area (Å²) in [7, 11) is 0. The van der Waals surface area contributed by atoms with Gasteiger partial charge >= 0.3 is 6.18 Å². The van der Waals surface area contributed by atoms with Crippen molar-refractivity contribution in [3.63, 3.8) is 0 Å². The van der Waals surface area contributed by atoms with Gasteiger partial charge in [-0.2, -0.15) is 13.2 Å². The molecule has 2 rings (SSSR count). The Hall–Kier alpha value is -1.13. The molecule has 0 aliphatic heterocycles. The summed E-state index contributed by atoms with van der Waals surface area (Å²) in [6.07, 6.45) is -3.10. The maximum Gasteiger partial charge on any atom is 0.391 e. The Bertz CT molecular complexity index is 569. The molecule has 0 spiro atoms. The highest BCUT2D eigenvalue weighted by molar-refractivity contribution is 14.0. The highest BCUT2D eigenvalue weighted by Crippen LogP contribution is 2.39. The fourth-order valence-corrected chi connectivity index (χ4v) is 2.67. The molecule has 3 nitrogen and oxygen atoms in total. The number of rotatable bonds is 3. The summed E-state index contributed by atoms with van der Waals surface area (Å²) in [5.41, 5.74) is 5.48. The van der Waals surface area contributed by atoms with Gasteiger partial charge in [0.2, 0.25) is 0 Å². The number of nitrogens with zero attached hydrogens (tertiary/aromatic N) is 1. The van der Waals surface area contributed by atoms with Gasteiger partial charge in [0.25, 0.3) is 0 Å². The van der Waals surface area contributed by atoms with Gasteiger partial charge in [-0.1, -0.05) is 0 Å². The minimum atomic E-state index is -4.14. The van der Waals surface area contributed by atoms with Crippen molar-refractivity contribution in [2.24, 2.45) is 22.6 Å². The smallest absolute Gasteiger partial charge is 0.370 e. The van der Waals surface area contributed by atoms with E-state index in [0.29, 0.717) is 12.8 Å². The lowest BCUT2D eigenvalue weighted by Crippen LogP contribution is -2.29. The molecule has 0 atom stereocenters. The van der Waals surface area contributed by atoms with E-state index in [2.05, 4.69) is 10.3 Å². The maximum atomic E-state index is 13.4. The van der Waals surface area contributed by atoms with Crippen LogP contribution in [-0.2, 0) is 0 Å². The third-order valence-corrected chi connectivity index (χ3v) is 4.02. The van der Waals surface area contributed by atoms with Crippen molar-refractivity contribution in [1.82, 2.24) is 0 Å². The Labute approximate surface area is 153 Å². The van der Waals surface area contributed by atoms with Crippen LogP contribution in [0.5, 0.6) is 0 Å². The molecule has 1 aliphatic carbocycles. The second-order valence-electron chi connectivity index (χ2n) is 5.73. The Morgan fingerprint density at radius 2 is 1.79 bits per heavy atom. The fraction of sp³-hybridized carbons (Fsp3) is 0.533. The Balaban J connectivity index is 0.00000288. The quantitative estimate of drug-likeness (QED) is 0.296. The Morgan fingerprint density at radius 1 is 1.17 bits per heavy atom. The zero-order chi connectivity index (χ0) is 17.0. The van der Waals surface area contributed by atoms with Gasteiger partial charge in [-0.25, -0.2) is 8.78 Å². The second kappa shape index (κ2) is 8.82. The molecule has 0 saturated heterocycles. The number of nitrogens with one attached hydrogen (secondary N) is 1. The van der Waals surface area contributed by atoms with Crippen LogP contribution < -0.4 is 11.1 Å². The van der Waals surface area contributed by atoms with E-state index in [-0.39, 0.29) is 60.9 Å². The molecule has 0 amide bonds. The van der Waals surface area contributed by atoms with E-state index in [4.69, 9.17) is 5.73 Å². The van der Waals surface area contributed by atoms with E-state index >= 15 is 0 Å². The fourth-order valence-electron chi connectivity index (χ4n) is 2.67. The van der Waals surface area contributed by atoms with Crippen LogP contribution in [0.15, 0.2) is 23.2 Å². The first-order valence-electron chi connectivity index (χ1n) is 7.34. The third kappa shape index (κ3) is 6.06. The van der Waals surface area contributed by atoms with Crippen LogP contribution in [0.3, 0.4) is 0 Å². The van der Waals surface area contributed by atoms with Crippen molar-refractivity contribution in [3.05, 3.63) is 29.8 Å². The van der Waals surface area contributed by atoms with Crippen LogP contribution in [0.2, 0.25) is 0 Å². The molecular formula is C15H19F5IN3. The summed E-state index contributed by atoms with van der Waals surface area (Å²) in [6, 6.07) is 2.89. The average molecular weight is 463 g/mol. The van der Waals surface area contributed by atoms with Crippen molar-refractivity contribution in [3.8, 4) is 0 Å². The van der Waals surface area contributed by atoms with Crippen LogP contribution in [0.1, 0.15) is 25.7 Å². The SMILES string of the molecule is I.NC(=NCC1CCC(C(F)(F)F)CC1)Nc1cc(F)ccc1F. The van der Waals surface area contributed by atoms with Crippen molar-refractivity contribution in [2.75, 3.05) is 11.9 Å². The van der Waals surface area contributed by atoms with Gasteiger partial charge in [-0.15, -0.1) is 24.0 Å². The topological polar surface area (TPSA) is 50.4 Å². The van der Waals surface area contributed by atoms with Crippen LogP contribution >= 0.6 is 24.0 Å². The predicted octanol–water partition coefficient (Wildman–Crippen LogP) is 4.68. The summed E-state index contributed by atoms with van der Waals surface area (Å²) >= 11 is 0. The molecular weight excluding hydrogens is 444 g/mol. The molecule has 0 radical (unpaired) electrons. The summed E-state index contributed by atoms with van der Waals surface area (Å²) in [5, 5.41) is 2.46. The summed E-state index contributed by atoms with van der Waals surface area (Å²) in [6.45, 7) is 0.264. The lowest BCUT2D eigenvalue weighted by atomic mass is 9.82. The van der Waals surface area contributed by atoms with Crippen LogP contribution in [0.4, 0.5) is 27.6 Å². The van der Waals surface area contributed by atoms with E-state index in [9.17, 15) is 22.0 Å². The molecule has 9 heteroatoms. The summed E-state index contributed by atoms with van der Waals surface area (Å²) in [5.74, 6) is -2.60. The van der Waals surface area contributed by atoms with E-state index in [1.165, 1.54) is 0 Å². The number of aliphatic imine (C=N–C) groups is 1. The first-order chi connectivity index (χ1) is 10.8. The lowest BCUT2D eigenvalue weighted by molar-refractivity contribution is -0.183. The van der Waals surface area contributed by atoms with Gasteiger partial charge in [0.1, 0.15) is 11.6 Å². The van der Waals surface area contributed by atoms with Gasteiger partial charge in [0.05, 0.1) is 11.6 Å². The van der Waals surface area contributed by atoms with E-state index in [0.717, 1.165) is 18.2 Å². The van der Waals surface area contributed by atoms with Crippen LogP contribution in [0.25, 0.3) is 0 Å². The molecule has 1 aliphatic rings. The minimum Gasteiger partial charge on any atom is -0.370 e. The number of anilines is 1. The van der Waals surface area contributed by atoms with Crippen molar-refractivity contribution >= 4 is 35.6 Å². The maximum absolute atomic E-state index is 13.4. The first kappa shape index (κ1) is 20.9. The lowest BCUT2D eigenvalue weighted by Gasteiger charge is -2.29. The zero-order valence-corrected chi connectivity index (χ0v) is 15.1. The number of halogens is 6. The highest BCUT2D eigenvalue weighted by atomic mass is 127. The van der Waals surface area contributed by atoms with Crippen molar-refractivity contribution in [2.45, 2.75) is 31.9 Å². The molecule has 3 N–H and O–H groups in total. The largest absolute Gasteiger partial charge is 0.391 e. The second-order valence-corrected chi connectivity index (χ2v) is 5.73. The van der Waals surface area contributed by atoms with Crippen molar-refractivity contribution in [1.29, 1.82) is 0 Å². The number of hydrogen-bond acceptors (Lipinski definition) is 1. The standard InChI is InChI=1S/C15H18F5N3.HI/c16-11-5-6-12(17)13(7-11)23-14(21)22-8-9-1-3-10(4-2-9)15(18,19)20;/h5-7,9-10H,1-4,8H2,(H3,21,22,23);1H. The summed E-state index contributed by atoms with van der Waals surface area (Å²) in [4.78, 5) is 4.01. The van der Waals surface area contributed by atoms with Gasteiger partial charge in [0.15, 0.2) is 5.96 Å². The normalized spacial score (nSPS) is 22.0. The summed E-state index contributed by atoms with van der Waals surface area (Å²) < 4.78 is 64.2. The zero-order valence-electron chi connectivity index (χ0n) is 12.7. The van der Waals surface area contributed by atoms with E-state index in [1.54, 1.807) is 0 Å². The molecule has 24 heavy (non-hydrogen) atoms. The number of hydrogen-bond donors (Lipinski definition) is 2. The van der Waals surface area contributed by atoms with Crippen LogP contribution in [0, 0.1) is 23.5 Å². The molecule has 1 aromatic carbocycles. The molecule has 0 aromatic heterocycles. The van der Waals surface area contributed by atoms with Gasteiger partial charge in [-0.05, 0) is 43.7 Å². The number of guanidine groups is 1. The minimum absolute atomic E-state index is 0. The van der Waals surface area contributed by atoms with E-state index < -0.39 is 23.7 Å². The average Bonchev–Trinajstić information content (AvgIpc) is 2.48. The first-order valence-corrected chi connectivity index (χ1v) is 7.34. The third-order valence-electron chi connectivity index (χ3n) is 4.02. The number of alkyl halides is 3. The number of benzene rings is 1. The Kier molecular flexibility index (Phi) is 7.68. The molecule has 0 bridgehead atoms. The van der Waals surface area contributed by atoms with Gasteiger partial charge in [-0.3, -0.25) is 4.99 Å². The van der Waals surface area contributed by atoms with Gasteiger partial charge in [0, 0.05) is 12.6 Å². The molecule has 136 valence electrons. The molecule has 1 fully saturated rings. The van der Waals surface area contributed by atoms with Crippen LogP contribution in [-0.4, -0.2) is 18.7 Å². The number of nitrogens with two attached hydrogens (primary N) is 1. The molecule has 1 saturated carbocycles. The van der Waals surface area contributed by atoms with E-state index in [1.807, 2.05) is 0 Å². The van der Waals surface area contributed by atoms with Crippen molar-refractivity contribution < 1.29 is 22.0 Å². The molecule has 0 heterocycles. The Morgan fingerprint density at radius 3 is 2.38 bits per heavy atom. The highest BCUT2D eigenvalue weighted by Gasteiger charge is 2.41. The molecule has 1 aromatic rings.